The van der Waals surface area contributed by atoms with Crippen molar-refractivity contribution in [3.63, 3.8) is 0 Å². The molecule has 1 atom stereocenters. The van der Waals surface area contributed by atoms with Gasteiger partial charge in [0.15, 0.2) is 0 Å². The summed E-state index contributed by atoms with van der Waals surface area (Å²) in [5.41, 5.74) is 0.472. The predicted octanol–water partition coefficient (Wildman–Crippen LogP) is 3.03. The van der Waals surface area contributed by atoms with Crippen molar-refractivity contribution in [1.29, 1.82) is 0 Å². The lowest BCUT2D eigenvalue weighted by atomic mass is 10.2. The van der Waals surface area contributed by atoms with E-state index in [2.05, 4.69) is 33.2 Å². The summed E-state index contributed by atoms with van der Waals surface area (Å²) in [7, 11) is 0. The number of carbonyl (C=O) groups excluding carboxylic acids is 1. The smallest absolute Gasteiger partial charge is 0.252 e. The van der Waals surface area contributed by atoms with E-state index in [1.54, 1.807) is 12.3 Å². The van der Waals surface area contributed by atoms with Gasteiger partial charge in [0.25, 0.3) is 5.91 Å². The third-order valence-corrected chi connectivity index (χ3v) is 3.61. The Balaban J connectivity index is 2.44. The van der Waals surface area contributed by atoms with Gasteiger partial charge in [0.2, 0.25) is 0 Å². The molecule has 0 spiro atoms. The maximum atomic E-state index is 11.7. The van der Waals surface area contributed by atoms with Gasteiger partial charge in [-0.05, 0) is 18.9 Å². The molecule has 0 saturated heterocycles. The number of rotatable bonds is 5. The first kappa shape index (κ1) is 13.5. The minimum atomic E-state index is -0.150. The van der Waals surface area contributed by atoms with Crippen LogP contribution in [0.4, 0.5) is 0 Å². The zero-order chi connectivity index (χ0) is 12.0. The van der Waals surface area contributed by atoms with Crippen molar-refractivity contribution in [3.05, 3.63) is 29.0 Å². The summed E-state index contributed by atoms with van der Waals surface area (Å²) in [5.74, 6) is -0.150. The molecule has 0 fully saturated rings. The number of nitrogens with zero attached hydrogens (tertiary/aromatic N) is 1. The van der Waals surface area contributed by atoms with E-state index in [4.69, 9.17) is 11.6 Å². The fourth-order valence-corrected chi connectivity index (χ4v) is 1.64. The summed E-state index contributed by atoms with van der Waals surface area (Å²) in [4.78, 5) is 16.0. The van der Waals surface area contributed by atoms with Gasteiger partial charge in [0.1, 0.15) is 0 Å². The van der Waals surface area contributed by atoms with E-state index in [1.165, 1.54) is 6.20 Å². The molecular weight excluding hydrogens is 291 g/mol. The summed E-state index contributed by atoms with van der Waals surface area (Å²) in [5, 5.41) is 3.20. The highest BCUT2D eigenvalue weighted by Gasteiger charge is 2.09. The molecule has 1 rings (SSSR count). The van der Waals surface area contributed by atoms with Crippen LogP contribution in [0.1, 0.15) is 30.1 Å². The average molecular weight is 306 g/mol. The largest absolute Gasteiger partial charge is 0.352 e. The van der Waals surface area contributed by atoms with Crippen molar-refractivity contribution >= 4 is 33.4 Å². The number of hydrogen-bond acceptors (Lipinski definition) is 2. The summed E-state index contributed by atoms with van der Waals surface area (Å²) < 4.78 is 0. The number of halogens is 2. The van der Waals surface area contributed by atoms with Crippen LogP contribution in [-0.4, -0.2) is 22.3 Å². The molecule has 1 aromatic rings. The molecule has 1 N–H and O–H groups in total. The highest BCUT2D eigenvalue weighted by molar-refractivity contribution is 9.09. The van der Waals surface area contributed by atoms with Crippen molar-refractivity contribution in [2.75, 3.05) is 6.54 Å². The molecule has 1 aromatic heterocycles. The van der Waals surface area contributed by atoms with Gasteiger partial charge in [0, 0.05) is 23.8 Å². The van der Waals surface area contributed by atoms with Crippen LogP contribution in [0.2, 0.25) is 5.02 Å². The minimum absolute atomic E-state index is 0.150. The van der Waals surface area contributed by atoms with Crippen LogP contribution in [0.15, 0.2) is 18.5 Å². The van der Waals surface area contributed by atoms with E-state index in [1.807, 2.05) is 0 Å². The number of alkyl halides is 1. The molecule has 0 aromatic carbocycles. The van der Waals surface area contributed by atoms with Gasteiger partial charge in [0.05, 0.1) is 10.6 Å². The minimum Gasteiger partial charge on any atom is -0.352 e. The fraction of sp³-hybridized carbons (Fsp3) is 0.455. The van der Waals surface area contributed by atoms with Crippen LogP contribution >= 0.6 is 27.5 Å². The Bertz CT molecular complexity index is 360. The maximum absolute atomic E-state index is 11.7. The quantitative estimate of drug-likeness (QED) is 0.850. The lowest BCUT2D eigenvalue weighted by molar-refractivity contribution is 0.0953. The van der Waals surface area contributed by atoms with Crippen LogP contribution in [0.3, 0.4) is 0 Å². The second-order valence-electron chi connectivity index (χ2n) is 3.41. The maximum Gasteiger partial charge on any atom is 0.252 e. The summed E-state index contributed by atoms with van der Waals surface area (Å²) in [6.07, 6.45) is 4.98. The number of nitrogens with one attached hydrogen (secondary N) is 1. The first-order chi connectivity index (χ1) is 7.65. The SMILES string of the molecule is CCC(Br)CCNC(=O)c1ccncc1Cl. The Labute approximate surface area is 109 Å². The number of hydrogen-bond donors (Lipinski definition) is 1. The Kier molecular flexibility index (Phi) is 5.77. The lowest BCUT2D eigenvalue weighted by Gasteiger charge is -2.08. The van der Waals surface area contributed by atoms with Gasteiger partial charge >= 0.3 is 0 Å². The van der Waals surface area contributed by atoms with Gasteiger partial charge in [-0.3, -0.25) is 9.78 Å². The Hall–Kier alpha value is -0.610. The standard InChI is InChI=1S/C11H14BrClN2O/c1-2-8(12)3-6-15-11(16)9-4-5-14-7-10(9)13/h4-5,7-8H,2-3,6H2,1H3,(H,15,16). The van der Waals surface area contributed by atoms with E-state index < -0.39 is 0 Å². The van der Waals surface area contributed by atoms with Crippen LogP contribution in [0.25, 0.3) is 0 Å². The Morgan fingerprint density at radius 3 is 3.06 bits per heavy atom. The number of aromatic nitrogens is 1. The van der Waals surface area contributed by atoms with Crippen LogP contribution < -0.4 is 5.32 Å². The normalized spacial score (nSPS) is 12.2. The molecule has 0 saturated carbocycles. The van der Waals surface area contributed by atoms with E-state index >= 15 is 0 Å². The monoisotopic (exact) mass is 304 g/mol. The van der Waals surface area contributed by atoms with Crippen molar-refractivity contribution in [2.45, 2.75) is 24.6 Å². The van der Waals surface area contributed by atoms with Crippen molar-refractivity contribution in [1.82, 2.24) is 10.3 Å². The molecule has 16 heavy (non-hydrogen) atoms. The zero-order valence-corrected chi connectivity index (χ0v) is 11.4. The molecule has 5 heteroatoms. The summed E-state index contributed by atoms with van der Waals surface area (Å²) in [6, 6.07) is 1.61. The van der Waals surface area contributed by atoms with Gasteiger partial charge in [-0.25, -0.2) is 0 Å². The molecule has 1 amide bonds. The number of pyridine rings is 1. The molecule has 0 aliphatic rings. The summed E-state index contributed by atoms with van der Waals surface area (Å²) >= 11 is 9.37. The molecular formula is C11H14BrClN2O. The van der Waals surface area contributed by atoms with Gasteiger partial charge in [-0.2, -0.15) is 0 Å². The molecule has 0 bridgehead atoms. The highest BCUT2D eigenvalue weighted by atomic mass is 79.9. The van der Waals surface area contributed by atoms with E-state index in [-0.39, 0.29) is 5.91 Å². The van der Waals surface area contributed by atoms with Crippen molar-refractivity contribution < 1.29 is 4.79 Å². The fourth-order valence-electron chi connectivity index (χ4n) is 1.20. The topological polar surface area (TPSA) is 42.0 Å². The third kappa shape index (κ3) is 4.10. The molecule has 88 valence electrons. The molecule has 0 radical (unpaired) electrons. The average Bonchev–Trinajstić information content (AvgIpc) is 2.29. The first-order valence-corrected chi connectivity index (χ1v) is 6.46. The second kappa shape index (κ2) is 6.86. The van der Waals surface area contributed by atoms with Gasteiger partial charge < -0.3 is 5.32 Å². The first-order valence-electron chi connectivity index (χ1n) is 5.17. The van der Waals surface area contributed by atoms with Crippen LogP contribution in [0.5, 0.6) is 0 Å². The molecule has 0 aliphatic heterocycles. The van der Waals surface area contributed by atoms with E-state index in [9.17, 15) is 4.79 Å². The van der Waals surface area contributed by atoms with E-state index in [0.717, 1.165) is 12.8 Å². The molecule has 0 aliphatic carbocycles. The predicted molar refractivity (Wildman–Crippen MR) is 69.2 cm³/mol. The van der Waals surface area contributed by atoms with Crippen LogP contribution in [-0.2, 0) is 0 Å². The second-order valence-corrected chi connectivity index (χ2v) is 5.11. The number of amides is 1. The van der Waals surface area contributed by atoms with E-state index in [0.29, 0.717) is 22.0 Å². The molecule has 1 heterocycles. The zero-order valence-electron chi connectivity index (χ0n) is 9.04. The highest BCUT2D eigenvalue weighted by Crippen LogP contribution is 2.13. The van der Waals surface area contributed by atoms with Gasteiger partial charge in [-0.1, -0.05) is 34.5 Å². The summed E-state index contributed by atoms with van der Waals surface area (Å²) in [6.45, 7) is 2.74. The number of carbonyl (C=O) groups is 1. The molecule has 1 unspecified atom stereocenters. The molecule has 3 nitrogen and oxygen atoms in total. The van der Waals surface area contributed by atoms with Crippen molar-refractivity contribution in [3.8, 4) is 0 Å². The Morgan fingerprint density at radius 1 is 1.69 bits per heavy atom. The van der Waals surface area contributed by atoms with Crippen molar-refractivity contribution in [2.24, 2.45) is 0 Å². The van der Waals surface area contributed by atoms with Gasteiger partial charge in [-0.15, -0.1) is 0 Å². The Morgan fingerprint density at radius 2 is 2.44 bits per heavy atom. The van der Waals surface area contributed by atoms with Crippen LogP contribution in [0, 0.1) is 0 Å². The third-order valence-electron chi connectivity index (χ3n) is 2.20. The lowest BCUT2D eigenvalue weighted by Crippen LogP contribution is -2.26.